The summed E-state index contributed by atoms with van der Waals surface area (Å²) in [5.74, 6) is 0. The molecular weight excluding hydrogens is 408 g/mol. The van der Waals surface area contributed by atoms with Crippen molar-refractivity contribution in [3.05, 3.63) is 157 Å². The van der Waals surface area contributed by atoms with Gasteiger partial charge < -0.3 is 0 Å². The minimum absolute atomic E-state index is 1.00. The fraction of sp³-hybridized carbons (Fsp3) is 0.118. The minimum Gasteiger partial charge on any atom is -0.0801 e. The highest BCUT2D eigenvalue weighted by atomic mass is 14.2. The number of benzene rings is 4. The Labute approximate surface area is 201 Å². The molecule has 0 nitrogen and oxygen atoms in total. The molecule has 0 spiro atoms. The topological polar surface area (TPSA) is 0 Å². The van der Waals surface area contributed by atoms with Gasteiger partial charge in [-0.3, -0.25) is 0 Å². The van der Waals surface area contributed by atoms with Crippen molar-refractivity contribution in [3.8, 4) is 0 Å². The van der Waals surface area contributed by atoms with Crippen LogP contribution in [0.3, 0.4) is 0 Å². The summed E-state index contributed by atoms with van der Waals surface area (Å²) in [7, 11) is 0. The first-order valence-electron chi connectivity index (χ1n) is 12.1. The van der Waals surface area contributed by atoms with Gasteiger partial charge in [0.05, 0.1) is 0 Å². The first-order valence-corrected chi connectivity index (χ1v) is 12.1. The van der Waals surface area contributed by atoms with E-state index in [1.54, 1.807) is 0 Å². The van der Waals surface area contributed by atoms with Crippen LogP contribution in [0, 0.1) is 31.2 Å². The van der Waals surface area contributed by atoms with Crippen LogP contribution in [-0.2, 0) is 0 Å². The van der Waals surface area contributed by atoms with Crippen molar-refractivity contribution in [2.24, 2.45) is 0 Å². The van der Waals surface area contributed by atoms with Crippen molar-refractivity contribution in [2.45, 2.75) is 27.2 Å². The lowest BCUT2D eigenvalue weighted by Crippen LogP contribution is -2.20. The van der Waals surface area contributed by atoms with Gasteiger partial charge in [0.15, 0.2) is 0 Å². The van der Waals surface area contributed by atoms with E-state index in [-0.39, 0.29) is 0 Å². The summed E-state index contributed by atoms with van der Waals surface area (Å²) in [6.45, 7) is 6.88. The number of allylic oxidation sites excluding steroid dienone is 4. The van der Waals surface area contributed by atoms with E-state index in [1.807, 2.05) is 0 Å². The average Bonchev–Trinajstić information content (AvgIpc) is 3.52. The molecule has 2 aliphatic rings. The molecule has 0 fully saturated rings. The predicted molar refractivity (Wildman–Crippen MR) is 144 cm³/mol. The monoisotopic (exact) mass is 436 g/mol. The van der Waals surface area contributed by atoms with E-state index >= 15 is 0 Å². The standard InChI is InChI=1S/C34H28/c1-22-13-12-20-28-21-29-31(25-18-10-11-19-25)23(2)24(3)32(34(29)30(22)28)33(26-14-6-4-7-15-26)27-16-8-5-9-17-27/h4-18,20-21H,19H2,1-3H3. The van der Waals surface area contributed by atoms with Crippen LogP contribution in [0.2, 0.25) is 0 Å². The Morgan fingerprint density at radius 3 is 1.97 bits per heavy atom. The fourth-order valence-corrected chi connectivity index (χ4v) is 5.76. The molecule has 0 saturated heterocycles. The smallest absolute Gasteiger partial charge is 0.00145 e. The van der Waals surface area contributed by atoms with Gasteiger partial charge in [-0.05, 0) is 104 Å². The zero-order valence-electron chi connectivity index (χ0n) is 20.0. The van der Waals surface area contributed by atoms with Gasteiger partial charge in [0.25, 0.3) is 0 Å². The molecule has 6 rings (SSSR count). The summed E-state index contributed by atoms with van der Waals surface area (Å²) in [5, 5.41) is 5.47. The zero-order chi connectivity index (χ0) is 23.2. The second-order valence-corrected chi connectivity index (χ2v) is 9.40. The predicted octanol–water partition coefficient (Wildman–Crippen LogP) is 6.63. The second-order valence-electron chi connectivity index (χ2n) is 9.40. The molecule has 2 aliphatic carbocycles. The maximum Gasteiger partial charge on any atom is -0.00145 e. The molecule has 0 bridgehead atoms. The second kappa shape index (κ2) is 8.15. The summed E-state index contributed by atoms with van der Waals surface area (Å²) in [6, 6.07) is 28.5. The molecule has 34 heavy (non-hydrogen) atoms. The Kier molecular flexibility index (Phi) is 4.96. The molecule has 0 aromatic heterocycles. The molecule has 4 aromatic rings. The normalized spacial score (nSPS) is 13.3. The number of hydrogen-bond donors (Lipinski definition) is 0. The van der Waals surface area contributed by atoms with Gasteiger partial charge in [-0.2, -0.15) is 0 Å². The molecule has 0 atom stereocenters. The van der Waals surface area contributed by atoms with Crippen molar-refractivity contribution in [2.75, 3.05) is 0 Å². The van der Waals surface area contributed by atoms with E-state index in [9.17, 15) is 0 Å². The third-order valence-electron chi connectivity index (χ3n) is 7.42. The van der Waals surface area contributed by atoms with Crippen molar-refractivity contribution in [1.29, 1.82) is 0 Å². The van der Waals surface area contributed by atoms with Crippen LogP contribution in [0.1, 0.15) is 45.4 Å². The SMILES string of the molecule is Cc1c(C2=CC=CC2)c2c(c(=C(c3ccccc3)c3ccccc3)c1C)=c1c(C)cccc1=C2. The highest BCUT2D eigenvalue weighted by molar-refractivity contribution is 5.85. The summed E-state index contributed by atoms with van der Waals surface area (Å²) in [5.41, 5.74) is 12.1. The van der Waals surface area contributed by atoms with E-state index < -0.39 is 0 Å². The average molecular weight is 437 g/mol. The maximum atomic E-state index is 2.43. The Morgan fingerprint density at radius 2 is 1.35 bits per heavy atom. The van der Waals surface area contributed by atoms with Crippen molar-refractivity contribution in [1.82, 2.24) is 0 Å². The van der Waals surface area contributed by atoms with Gasteiger partial charge >= 0.3 is 0 Å². The van der Waals surface area contributed by atoms with Crippen LogP contribution >= 0.6 is 0 Å². The quantitative estimate of drug-likeness (QED) is 0.298. The van der Waals surface area contributed by atoms with E-state index in [0.29, 0.717) is 0 Å². The zero-order valence-corrected chi connectivity index (χ0v) is 20.0. The lowest BCUT2D eigenvalue weighted by molar-refractivity contribution is 1.21. The summed E-state index contributed by atoms with van der Waals surface area (Å²) in [4.78, 5) is 0. The number of rotatable bonds is 3. The van der Waals surface area contributed by atoms with Crippen LogP contribution in [0.4, 0.5) is 0 Å². The van der Waals surface area contributed by atoms with Gasteiger partial charge in [-0.25, -0.2) is 0 Å². The fourth-order valence-electron chi connectivity index (χ4n) is 5.76. The largest absolute Gasteiger partial charge is 0.0801 e. The number of hydrogen-bond acceptors (Lipinski definition) is 0. The van der Waals surface area contributed by atoms with Gasteiger partial charge in [-0.1, -0.05) is 97.1 Å². The van der Waals surface area contributed by atoms with Crippen LogP contribution in [-0.4, -0.2) is 0 Å². The molecule has 0 heteroatoms. The molecule has 4 aromatic carbocycles. The summed E-state index contributed by atoms with van der Waals surface area (Å²) < 4.78 is 0. The van der Waals surface area contributed by atoms with Crippen LogP contribution in [0.15, 0.2) is 97.1 Å². The molecule has 0 heterocycles. The first kappa shape index (κ1) is 20.7. The molecule has 0 unspecified atom stereocenters. The number of fused-ring (bicyclic) bond motifs is 2. The van der Waals surface area contributed by atoms with Crippen molar-refractivity contribution >= 4 is 17.2 Å². The van der Waals surface area contributed by atoms with Gasteiger partial charge in [-0.15, -0.1) is 0 Å². The maximum absolute atomic E-state index is 2.43. The molecular formula is C34H28. The van der Waals surface area contributed by atoms with E-state index in [1.165, 1.54) is 71.0 Å². The van der Waals surface area contributed by atoms with E-state index in [2.05, 4.69) is 124 Å². The Hall–Kier alpha value is -3.90. The minimum atomic E-state index is 1.00. The van der Waals surface area contributed by atoms with Gasteiger partial charge in [0, 0.05) is 0 Å². The molecule has 0 N–H and O–H groups in total. The Bertz CT molecular complexity index is 1670. The van der Waals surface area contributed by atoms with Crippen molar-refractivity contribution < 1.29 is 0 Å². The van der Waals surface area contributed by atoms with Crippen molar-refractivity contribution in [3.63, 3.8) is 0 Å². The molecule has 164 valence electrons. The molecule has 0 saturated carbocycles. The summed E-state index contributed by atoms with van der Waals surface area (Å²) in [6.07, 6.45) is 10.2. The third kappa shape index (κ3) is 3.14. The lowest BCUT2D eigenvalue weighted by atomic mass is 9.85. The van der Waals surface area contributed by atoms with Gasteiger partial charge in [0.1, 0.15) is 0 Å². The Morgan fingerprint density at radius 1 is 0.676 bits per heavy atom. The highest BCUT2D eigenvalue weighted by Crippen LogP contribution is 2.33. The van der Waals surface area contributed by atoms with Gasteiger partial charge in [0.2, 0.25) is 0 Å². The summed E-state index contributed by atoms with van der Waals surface area (Å²) >= 11 is 0. The number of aryl methyl sites for hydroxylation is 1. The first-order chi connectivity index (χ1) is 16.6. The van der Waals surface area contributed by atoms with Crippen LogP contribution in [0.5, 0.6) is 0 Å². The molecule has 0 radical (unpaired) electrons. The molecule has 0 aliphatic heterocycles. The molecule has 0 amide bonds. The van der Waals surface area contributed by atoms with Crippen LogP contribution in [0.25, 0.3) is 17.2 Å². The van der Waals surface area contributed by atoms with E-state index in [0.717, 1.165) is 6.42 Å². The Balaban J connectivity index is 1.94. The lowest BCUT2D eigenvalue weighted by Gasteiger charge is -2.18. The van der Waals surface area contributed by atoms with E-state index in [4.69, 9.17) is 0 Å². The highest BCUT2D eigenvalue weighted by Gasteiger charge is 2.21. The van der Waals surface area contributed by atoms with Crippen LogP contribution < -0.4 is 10.4 Å². The third-order valence-corrected chi connectivity index (χ3v) is 7.42.